The number of piperidine rings is 1. The zero-order valence-electron chi connectivity index (χ0n) is 12.8. The molecule has 1 saturated heterocycles. The molecule has 0 radical (unpaired) electrons. The van der Waals surface area contributed by atoms with Gasteiger partial charge in [0, 0.05) is 24.2 Å². The minimum Gasteiger partial charge on any atom is -0.447 e. The maximum Gasteiger partial charge on any atom is 0.410 e. The van der Waals surface area contributed by atoms with Gasteiger partial charge >= 0.3 is 6.09 Å². The van der Waals surface area contributed by atoms with Gasteiger partial charge in [0.05, 0.1) is 17.4 Å². The first-order valence-electron chi connectivity index (χ1n) is 7.41. The number of hydrogen-bond donors (Lipinski definition) is 1. The van der Waals surface area contributed by atoms with Crippen LogP contribution in [0.5, 0.6) is 0 Å². The fraction of sp³-hybridized carbons (Fsp3) is 0.500. The lowest BCUT2D eigenvalue weighted by Gasteiger charge is -2.32. The molecular weight excluding hydrogens is 302 g/mol. The van der Waals surface area contributed by atoms with Crippen LogP contribution in [0.4, 0.5) is 10.5 Å². The predicted octanol–water partition coefficient (Wildman–Crippen LogP) is 3.63. The van der Waals surface area contributed by atoms with Gasteiger partial charge in [-0.25, -0.2) is 4.79 Å². The van der Waals surface area contributed by atoms with E-state index in [1.807, 2.05) is 13.8 Å². The molecule has 118 valence electrons. The lowest BCUT2D eigenvalue weighted by Crippen LogP contribution is -2.43. The fourth-order valence-corrected chi connectivity index (χ4v) is 2.61. The van der Waals surface area contributed by atoms with Crippen molar-refractivity contribution in [2.45, 2.75) is 38.8 Å². The lowest BCUT2D eigenvalue weighted by molar-refractivity contribution is 0.0701. The Morgan fingerprint density at radius 3 is 2.73 bits per heavy atom. The average molecular weight is 322 g/mol. The zero-order chi connectivity index (χ0) is 16.1. The summed E-state index contributed by atoms with van der Waals surface area (Å²) in [5.74, 6) is 0. The summed E-state index contributed by atoms with van der Waals surface area (Å²) in [5.41, 5.74) is 1.32. The van der Waals surface area contributed by atoms with Crippen LogP contribution in [0.1, 0.15) is 32.3 Å². The second-order valence-electron chi connectivity index (χ2n) is 5.64. The van der Waals surface area contributed by atoms with Crippen LogP contribution in [0.2, 0.25) is 5.02 Å². The molecule has 0 saturated carbocycles. The minimum atomic E-state index is -0.256. The van der Waals surface area contributed by atoms with E-state index in [1.54, 1.807) is 23.1 Å². The summed E-state index contributed by atoms with van der Waals surface area (Å²) >= 11 is 5.99. The highest BCUT2D eigenvalue weighted by molar-refractivity contribution is 6.30. The third-order valence-corrected chi connectivity index (χ3v) is 3.79. The van der Waals surface area contributed by atoms with Crippen molar-refractivity contribution < 1.29 is 9.53 Å². The Morgan fingerprint density at radius 2 is 2.14 bits per heavy atom. The van der Waals surface area contributed by atoms with E-state index in [1.165, 1.54) is 0 Å². The van der Waals surface area contributed by atoms with E-state index in [0.29, 0.717) is 23.7 Å². The monoisotopic (exact) mass is 321 g/mol. The van der Waals surface area contributed by atoms with Crippen molar-refractivity contribution >= 4 is 23.4 Å². The number of hydrogen-bond acceptors (Lipinski definition) is 4. The van der Waals surface area contributed by atoms with Gasteiger partial charge in [0.25, 0.3) is 0 Å². The number of nitrogens with one attached hydrogen (secondary N) is 1. The second-order valence-corrected chi connectivity index (χ2v) is 6.08. The highest BCUT2D eigenvalue weighted by atomic mass is 35.5. The number of amides is 1. The molecule has 1 N–H and O–H groups in total. The SMILES string of the molecule is CC(C)OC(=O)N1CCC(Nc2cc(Cl)ccc2C#N)CC1. The van der Waals surface area contributed by atoms with Crippen LogP contribution in [0, 0.1) is 11.3 Å². The highest BCUT2D eigenvalue weighted by Gasteiger charge is 2.24. The lowest BCUT2D eigenvalue weighted by atomic mass is 10.0. The molecule has 1 amide bonds. The molecule has 5 nitrogen and oxygen atoms in total. The van der Waals surface area contributed by atoms with Crippen LogP contribution in [0.3, 0.4) is 0 Å². The first-order valence-corrected chi connectivity index (χ1v) is 7.79. The van der Waals surface area contributed by atoms with Gasteiger partial charge in [-0.05, 0) is 44.9 Å². The van der Waals surface area contributed by atoms with Crippen molar-refractivity contribution in [1.82, 2.24) is 4.90 Å². The summed E-state index contributed by atoms with van der Waals surface area (Å²) in [7, 11) is 0. The van der Waals surface area contributed by atoms with Gasteiger partial charge in [0.1, 0.15) is 6.07 Å². The molecule has 1 aliphatic heterocycles. The quantitative estimate of drug-likeness (QED) is 0.923. The smallest absolute Gasteiger partial charge is 0.410 e. The van der Waals surface area contributed by atoms with Crippen LogP contribution < -0.4 is 5.32 Å². The maximum absolute atomic E-state index is 11.8. The number of anilines is 1. The van der Waals surface area contributed by atoms with E-state index in [9.17, 15) is 4.79 Å². The summed E-state index contributed by atoms with van der Waals surface area (Å²) in [5, 5.41) is 13.1. The molecule has 0 bridgehead atoms. The Bertz CT molecular complexity index is 575. The van der Waals surface area contributed by atoms with Crippen molar-refractivity contribution in [3.63, 3.8) is 0 Å². The molecule has 0 atom stereocenters. The Labute approximate surface area is 135 Å². The van der Waals surface area contributed by atoms with Crippen LogP contribution in [-0.4, -0.2) is 36.2 Å². The van der Waals surface area contributed by atoms with Crippen molar-refractivity contribution in [2.75, 3.05) is 18.4 Å². The minimum absolute atomic E-state index is 0.104. The Kier molecular flexibility index (Phi) is 5.51. The predicted molar refractivity (Wildman–Crippen MR) is 86.0 cm³/mol. The molecule has 1 aromatic rings. The Balaban J connectivity index is 1.92. The Hall–Kier alpha value is -1.93. The average Bonchev–Trinajstić information content (AvgIpc) is 2.47. The van der Waals surface area contributed by atoms with Gasteiger partial charge in [-0.2, -0.15) is 5.26 Å². The second kappa shape index (κ2) is 7.37. The van der Waals surface area contributed by atoms with Gasteiger partial charge in [0.15, 0.2) is 0 Å². The number of rotatable bonds is 3. The molecular formula is C16H20ClN3O2. The molecule has 6 heteroatoms. The van der Waals surface area contributed by atoms with Crippen LogP contribution in [0.15, 0.2) is 18.2 Å². The van der Waals surface area contributed by atoms with Crippen molar-refractivity contribution in [1.29, 1.82) is 5.26 Å². The number of nitrogens with zero attached hydrogens (tertiary/aromatic N) is 2. The van der Waals surface area contributed by atoms with Gasteiger partial charge in [-0.1, -0.05) is 11.6 Å². The molecule has 0 spiro atoms. The molecule has 1 aromatic carbocycles. The van der Waals surface area contributed by atoms with Crippen molar-refractivity contribution in [2.24, 2.45) is 0 Å². The standard InChI is InChI=1S/C16H20ClN3O2/c1-11(2)22-16(21)20-7-5-14(6-8-20)19-15-9-13(17)4-3-12(15)10-18/h3-4,9,11,14,19H,5-8H2,1-2H3. The zero-order valence-corrected chi connectivity index (χ0v) is 13.6. The van der Waals surface area contributed by atoms with Crippen molar-refractivity contribution in [3.8, 4) is 6.07 Å². The summed E-state index contributed by atoms with van der Waals surface area (Å²) in [6.07, 6.45) is 1.26. The number of halogens is 1. The molecule has 1 fully saturated rings. The van der Waals surface area contributed by atoms with E-state index in [4.69, 9.17) is 21.6 Å². The van der Waals surface area contributed by atoms with E-state index in [-0.39, 0.29) is 18.2 Å². The molecule has 0 unspecified atom stereocenters. The van der Waals surface area contributed by atoms with E-state index >= 15 is 0 Å². The Morgan fingerprint density at radius 1 is 1.45 bits per heavy atom. The van der Waals surface area contributed by atoms with E-state index < -0.39 is 0 Å². The third kappa shape index (κ3) is 4.28. The van der Waals surface area contributed by atoms with E-state index in [2.05, 4.69) is 11.4 Å². The van der Waals surface area contributed by atoms with Crippen LogP contribution in [0.25, 0.3) is 0 Å². The molecule has 22 heavy (non-hydrogen) atoms. The number of nitriles is 1. The number of carbonyl (C=O) groups is 1. The van der Waals surface area contributed by atoms with Crippen LogP contribution >= 0.6 is 11.6 Å². The van der Waals surface area contributed by atoms with Gasteiger partial charge in [-0.15, -0.1) is 0 Å². The van der Waals surface area contributed by atoms with Crippen molar-refractivity contribution in [3.05, 3.63) is 28.8 Å². The maximum atomic E-state index is 11.8. The summed E-state index contributed by atoms with van der Waals surface area (Å²) in [4.78, 5) is 13.6. The number of carbonyl (C=O) groups excluding carboxylic acids is 1. The first-order chi connectivity index (χ1) is 10.5. The van der Waals surface area contributed by atoms with Gasteiger partial charge in [0.2, 0.25) is 0 Å². The van der Waals surface area contributed by atoms with E-state index in [0.717, 1.165) is 18.5 Å². The molecule has 0 aliphatic carbocycles. The molecule has 1 heterocycles. The fourth-order valence-electron chi connectivity index (χ4n) is 2.44. The number of likely N-dealkylation sites (tertiary alicyclic amines) is 1. The van der Waals surface area contributed by atoms with Gasteiger partial charge in [-0.3, -0.25) is 0 Å². The third-order valence-electron chi connectivity index (χ3n) is 3.55. The van der Waals surface area contributed by atoms with Gasteiger partial charge < -0.3 is 15.0 Å². The number of ether oxygens (including phenoxy) is 1. The molecule has 1 aliphatic rings. The summed E-state index contributed by atoms with van der Waals surface area (Å²) < 4.78 is 5.20. The van der Waals surface area contributed by atoms with Crippen LogP contribution in [-0.2, 0) is 4.74 Å². The molecule has 0 aromatic heterocycles. The topological polar surface area (TPSA) is 65.4 Å². The largest absolute Gasteiger partial charge is 0.447 e. The normalized spacial score (nSPS) is 15.5. The first kappa shape index (κ1) is 16.4. The summed E-state index contributed by atoms with van der Waals surface area (Å²) in [6.45, 7) is 4.97. The number of benzene rings is 1. The summed E-state index contributed by atoms with van der Waals surface area (Å²) in [6, 6.07) is 7.55. The molecule has 2 rings (SSSR count). The highest BCUT2D eigenvalue weighted by Crippen LogP contribution is 2.24.